The summed E-state index contributed by atoms with van der Waals surface area (Å²) in [6.07, 6.45) is 0. The molecule has 25 heavy (non-hydrogen) atoms. The molecule has 1 aliphatic rings. The zero-order chi connectivity index (χ0) is 18.0. The van der Waals surface area contributed by atoms with E-state index in [-0.39, 0.29) is 10.5 Å². The normalized spacial score (nSPS) is 14.7. The van der Waals surface area contributed by atoms with E-state index < -0.39 is 34.4 Å². The van der Waals surface area contributed by atoms with E-state index in [2.05, 4.69) is 5.32 Å². The quantitative estimate of drug-likeness (QED) is 0.854. The van der Waals surface area contributed by atoms with Crippen molar-refractivity contribution in [1.29, 1.82) is 0 Å². The van der Waals surface area contributed by atoms with Gasteiger partial charge < -0.3 is 5.32 Å². The predicted octanol–water partition coefficient (Wildman–Crippen LogP) is 1.18. The van der Waals surface area contributed by atoms with E-state index in [1.165, 1.54) is 24.3 Å². The van der Waals surface area contributed by atoms with Crippen LogP contribution >= 0.6 is 0 Å². The number of imide groups is 1. The highest BCUT2D eigenvalue weighted by molar-refractivity contribution is 7.90. The largest absolute Gasteiger partial charge is 0.325 e. The van der Waals surface area contributed by atoms with E-state index >= 15 is 0 Å². The maximum atomic E-state index is 12.3. The van der Waals surface area contributed by atoms with Crippen molar-refractivity contribution in [3.8, 4) is 0 Å². The Kier molecular flexibility index (Phi) is 4.24. The second-order valence-corrected chi connectivity index (χ2v) is 7.01. The van der Waals surface area contributed by atoms with Gasteiger partial charge in [-0.15, -0.1) is 0 Å². The molecule has 3 rings (SSSR count). The lowest BCUT2D eigenvalue weighted by molar-refractivity contribution is -0.119. The average molecular weight is 359 g/mol. The molecule has 0 fully saturated rings. The lowest BCUT2D eigenvalue weighted by Crippen LogP contribution is -2.43. The zero-order valence-corrected chi connectivity index (χ0v) is 13.6. The molecule has 0 aromatic heterocycles. The Labute approximate surface area is 143 Å². The first-order chi connectivity index (χ1) is 11.9. The van der Waals surface area contributed by atoms with Crippen molar-refractivity contribution in [3.63, 3.8) is 0 Å². The number of amides is 4. The molecule has 1 heterocycles. The molecule has 2 aromatic carbocycles. The number of rotatable bonds is 3. The van der Waals surface area contributed by atoms with Crippen molar-refractivity contribution in [2.45, 2.75) is 4.90 Å². The molecule has 9 heteroatoms. The van der Waals surface area contributed by atoms with E-state index in [1.807, 2.05) is 5.32 Å². The van der Waals surface area contributed by atoms with Gasteiger partial charge >= 0.3 is 6.03 Å². The third kappa shape index (κ3) is 3.22. The molecule has 0 atom stereocenters. The van der Waals surface area contributed by atoms with Crippen molar-refractivity contribution < 1.29 is 22.8 Å². The first kappa shape index (κ1) is 16.7. The first-order valence-corrected chi connectivity index (χ1v) is 8.65. The fraction of sp³-hybridized carbons (Fsp3) is 0.0625. The third-order valence-electron chi connectivity index (χ3n) is 3.48. The van der Waals surface area contributed by atoms with Crippen LogP contribution in [0.25, 0.3) is 0 Å². The second-order valence-electron chi connectivity index (χ2n) is 5.18. The van der Waals surface area contributed by atoms with Crippen LogP contribution in [0, 0.1) is 0 Å². The van der Waals surface area contributed by atoms with Crippen LogP contribution in [0.2, 0.25) is 0 Å². The number of carbonyl (C=O) groups excluding carboxylic acids is 3. The molecule has 1 aliphatic heterocycles. The number of hydrogen-bond donors (Lipinski definition) is 2. The predicted molar refractivity (Wildman–Crippen MR) is 88.3 cm³/mol. The summed E-state index contributed by atoms with van der Waals surface area (Å²) < 4.78 is 25.1. The smallest absolute Gasteiger partial charge is 0.308 e. The van der Waals surface area contributed by atoms with Gasteiger partial charge in [0.15, 0.2) is 0 Å². The van der Waals surface area contributed by atoms with Crippen molar-refractivity contribution in [1.82, 2.24) is 9.62 Å². The van der Waals surface area contributed by atoms with E-state index in [0.717, 1.165) is 0 Å². The Bertz CT molecular complexity index is 957. The van der Waals surface area contributed by atoms with E-state index in [1.54, 1.807) is 30.3 Å². The highest BCUT2D eigenvalue weighted by Crippen LogP contribution is 2.29. The number of hydrogen-bond acceptors (Lipinski definition) is 5. The summed E-state index contributed by atoms with van der Waals surface area (Å²) in [5, 5.41) is 4.42. The summed E-state index contributed by atoms with van der Waals surface area (Å²) in [4.78, 5) is 35.8. The van der Waals surface area contributed by atoms with Gasteiger partial charge in [-0.1, -0.05) is 30.3 Å². The molecule has 8 nitrogen and oxygen atoms in total. The molecule has 0 radical (unpaired) electrons. The van der Waals surface area contributed by atoms with Gasteiger partial charge in [-0.3, -0.25) is 14.9 Å². The Morgan fingerprint density at radius 2 is 1.60 bits per heavy atom. The summed E-state index contributed by atoms with van der Waals surface area (Å²) in [6, 6.07) is 13.3. The van der Waals surface area contributed by atoms with E-state index in [9.17, 15) is 22.8 Å². The number of sulfonamides is 1. The SMILES string of the molecule is O=C(CN1C(=O)c2ccccc2S1(=O)=O)NC(=O)Nc1ccccc1. The number of para-hydroxylation sites is 1. The molecule has 128 valence electrons. The van der Waals surface area contributed by atoms with Crippen LogP contribution in [0.3, 0.4) is 0 Å². The van der Waals surface area contributed by atoms with Crippen LogP contribution in [0.15, 0.2) is 59.5 Å². The highest BCUT2D eigenvalue weighted by atomic mass is 32.2. The first-order valence-electron chi connectivity index (χ1n) is 7.21. The standard InChI is InChI=1S/C16H13N3O5S/c20-14(18-16(22)17-11-6-2-1-3-7-11)10-19-15(21)12-8-4-5-9-13(12)25(19,23)24/h1-9H,10H2,(H2,17,18,20,22). The van der Waals surface area contributed by atoms with Gasteiger partial charge in [0.25, 0.3) is 15.9 Å². The van der Waals surface area contributed by atoms with Crippen LogP contribution in [0.4, 0.5) is 10.5 Å². The van der Waals surface area contributed by atoms with Crippen molar-refractivity contribution in [3.05, 3.63) is 60.2 Å². The van der Waals surface area contributed by atoms with Crippen molar-refractivity contribution in [2.75, 3.05) is 11.9 Å². The minimum Gasteiger partial charge on any atom is -0.308 e. The molecular formula is C16H13N3O5S. The number of nitrogens with zero attached hydrogens (tertiary/aromatic N) is 1. The molecule has 0 saturated carbocycles. The maximum Gasteiger partial charge on any atom is 0.325 e. The van der Waals surface area contributed by atoms with Gasteiger partial charge in [-0.25, -0.2) is 17.5 Å². The molecule has 0 bridgehead atoms. The van der Waals surface area contributed by atoms with Crippen LogP contribution < -0.4 is 10.6 Å². The second kappa shape index (κ2) is 6.36. The highest BCUT2D eigenvalue weighted by Gasteiger charge is 2.41. The third-order valence-corrected chi connectivity index (χ3v) is 5.27. The Morgan fingerprint density at radius 3 is 2.28 bits per heavy atom. The van der Waals surface area contributed by atoms with Gasteiger partial charge in [0.2, 0.25) is 5.91 Å². The fourth-order valence-electron chi connectivity index (χ4n) is 2.37. The Hall–Kier alpha value is -3.20. The summed E-state index contributed by atoms with van der Waals surface area (Å²) in [5.74, 6) is -1.72. The Balaban J connectivity index is 1.68. The number of carbonyl (C=O) groups is 3. The van der Waals surface area contributed by atoms with Crippen LogP contribution in [0.1, 0.15) is 10.4 Å². The van der Waals surface area contributed by atoms with Gasteiger partial charge in [-0.2, -0.15) is 0 Å². The van der Waals surface area contributed by atoms with E-state index in [4.69, 9.17) is 0 Å². The molecule has 0 unspecified atom stereocenters. The van der Waals surface area contributed by atoms with Gasteiger partial charge in [-0.05, 0) is 24.3 Å². The average Bonchev–Trinajstić information content (AvgIpc) is 2.77. The molecule has 0 aliphatic carbocycles. The summed E-state index contributed by atoms with van der Waals surface area (Å²) in [7, 11) is -4.09. The monoisotopic (exact) mass is 359 g/mol. The minimum absolute atomic E-state index is 0.00374. The van der Waals surface area contributed by atoms with Gasteiger partial charge in [0, 0.05) is 5.69 Å². The van der Waals surface area contributed by atoms with E-state index in [0.29, 0.717) is 9.99 Å². The number of fused-ring (bicyclic) bond motifs is 1. The fourth-order valence-corrected chi connectivity index (χ4v) is 3.89. The van der Waals surface area contributed by atoms with Gasteiger partial charge in [0.05, 0.1) is 5.56 Å². The summed E-state index contributed by atoms with van der Waals surface area (Å²) in [6.45, 7) is -0.780. The molecule has 2 N–H and O–H groups in total. The summed E-state index contributed by atoms with van der Waals surface area (Å²) >= 11 is 0. The zero-order valence-electron chi connectivity index (χ0n) is 12.8. The number of benzene rings is 2. The lowest BCUT2D eigenvalue weighted by Gasteiger charge is -2.14. The Morgan fingerprint density at radius 1 is 0.960 bits per heavy atom. The molecule has 2 aromatic rings. The molecule has 0 spiro atoms. The van der Waals surface area contributed by atoms with Crippen LogP contribution in [-0.2, 0) is 14.8 Å². The van der Waals surface area contributed by atoms with Crippen LogP contribution in [-0.4, -0.2) is 37.1 Å². The number of anilines is 1. The topological polar surface area (TPSA) is 113 Å². The number of urea groups is 1. The van der Waals surface area contributed by atoms with Gasteiger partial charge in [0.1, 0.15) is 11.4 Å². The molecular weight excluding hydrogens is 346 g/mol. The van der Waals surface area contributed by atoms with Crippen LogP contribution in [0.5, 0.6) is 0 Å². The maximum absolute atomic E-state index is 12.3. The molecule has 0 saturated heterocycles. The summed E-state index contributed by atoms with van der Waals surface area (Å²) in [5.41, 5.74) is 0.467. The van der Waals surface area contributed by atoms with Crippen molar-refractivity contribution >= 4 is 33.6 Å². The lowest BCUT2D eigenvalue weighted by atomic mass is 10.2. The number of nitrogens with one attached hydrogen (secondary N) is 2. The van der Waals surface area contributed by atoms with Crippen molar-refractivity contribution in [2.24, 2.45) is 0 Å². The minimum atomic E-state index is -4.09. The molecule has 4 amide bonds.